The molecule has 3 N–H and O–H groups in total. The van der Waals surface area contributed by atoms with Crippen LogP contribution in [0.3, 0.4) is 0 Å². The summed E-state index contributed by atoms with van der Waals surface area (Å²) in [6.07, 6.45) is 6.75. The van der Waals surface area contributed by atoms with Crippen molar-refractivity contribution in [2.75, 3.05) is 11.9 Å². The number of nitrogens with one attached hydrogen (secondary N) is 3. The molecule has 1 fully saturated rings. The maximum absolute atomic E-state index is 12.0. The number of hydrogen-bond acceptors (Lipinski definition) is 4. The van der Waals surface area contributed by atoms with Gasteiger partial charge in [-0.05, 0) is 43.9 Å². The molecule has 2 aromatic rings. The Morgan fingerprint density at radius 2 is 2.04 bits per heavy atom. The summed E-state index contributed by atoms with van der Waals surface area (Å²) in [6.45, 7) is 2.53. The van der Waals surface area contributed by atoms with Crippen LogP contribution in [0.2, 0.25) is 0 Å². The lowest BCUT2D eigenvalue weighted by molar-refractivity contribution is -0.116. The topological polar surface area (TPSA) is 83.1 Å². The highest BCUT2D eigenvalue weighted by atomic mass is 32.1. The molecule has 1 heterocycles. The van der Waals surface area contributed by atoms with Crippen molar-refractivity contribution in [1.82, 2.24) is 15.6 Å². The molecular formula is C19H26N4O2S. The van der Waals surface area contributed by atoms with E-state index in [1.165, 1.54) is 36.2 Å². The number of benzene rings is 1. The largest absolute Gasteiger partial charge is 0.338 e. The van der Waals surface area contributed by atoms with Crippen molar-refractivity contribution in [2.24, 2.45) is 0 Å². The maximum atomic E-state index is 12.0. The normalized spacial score (nSPS) is 15.0. The number of nitrogens with zero attached hydrogens (tertiary/aromatic N) is 1. The van der Waals surface area contributed by atoms with Crippen LogP contribution in [-0.2, 0) is 4.79 Å². The van der Waals surface area contributed by atoms with Gasteiger partial charge in [0.2, 0.25) is 5.91 Å². The van der Waals surface area contributed by atoms with Gasteiger partial charge in [-0.3, -0.25) is 4.79 Å². The highest BCUT2D eigenvalue weighted by molar-refractivity contribution is 7.22. The number of anilines is 1. The van der Waals surface area contributed by atoms with E-state index in [-0.39, 0.29) is 11.9 Å². The second-order valence-electron chi connectivity index (χ2n) is 6.88. The van der Waals surface area contributed by atoms with E-state index in [0.29, 0.717) is 30.6 Å². The highest BCUT2D eigenvalue weighted by Gasteiger charge is 2.15. The van der Waals surface area contributed by atoms with Crippen LogP contribution in [-0.4, -0.2) is 29.5 Å². The first-order valence-electron chi connectivity index (χ1n) is 9.31. The smallest absolute Gasteiger partial charge is 0.315 e. The fourth-order valence-corrected chi connectivity index (χ4v) is 4.18. The first kappa shape index (κ1) is 18.6. The fraction of sp³-hybridized carbons (Fsp3) is 0.526. The van der Waals surface area contributed by atoms with Crippen molar-refractivity contribution in [3.05, 3.63) is 23.8 Å². The number of rotatable bonds is 6. The number of amides is 3. The van der Waals surface area contributed by atoms with Crippen LogP contribution in [0.25, 0.3) is 10.2 Å². The van der Waals surface area contributed by atoms with Gasteiger partial charge in [-0.2, -0.15) is 0 Å². The molecule has 1 aliphatic rings. The molecule has 140 valence electrons. The molecule has 3 rings (SSSR count). The summed E-state index contributed by atoms with van der Waals surface area (Å²) in [5.74, 6) is -0.0738. The van der Waals surface area contributed by atoms with Crippen LogP contribution < -0.4 is 16.0 Å². The number of aromatic nitrogens is 1. The number of carbonyl (C=O) groups excluding carboxylic acids is 2. The molecule has 0 spiro atoms. The first-order valence-corrected chi connectivity index (χ1v) is 10.1. The fourth-order valence-electron chi connectivity index (χ4n) is 3.20. The van der Waals surface area contributed by atoms with Gasteiger partial charge in [-0.1, -0.05) is 36.7 Å². The molecule has 0 bridgehead atoms. The van der Waals surface area contributed by atoms with E-state index >= 15 is 0 Å². The Balaban J connectivity index is 1.35. The summed E-state index contributed by atoms with van der Waals surface area (Å²) >= 11 is 1.48. The summed E-state index contributed by atoms with van der Waals surface area (Å²) in [7, 11) is 0. The second-order valence-corrected chi connectivity index (χ2v) is 7.91. The number of carbonyl (C=O) groups is 2. The summed E-state index contributed by atoms with van der Waals surface area (Å²) in [5, 5.41) is 9.31. The lowest BCUT2D eigenvalue weighted by Gasteiger charge is -2.22. The molecule has 0 atom stereocenters. The van der Waals surface area contributed by atoms with Crippen LogP contribution in [0.1, 0.15) is 50.5 Å². The molecule has 6 nitrogen and oxygen atoms in total. The Hall–Kier alpha value is -2.15. The molecule has 1 saturated carbocycles. The van der Waals surface area contributed by atoms with Crippen LogP contribution in [0.5, 0.6) is 0 Å². The summed E-state index contributed by atoms with van der Waals surface area (Å²) in [6, 6.07) is 6.22. The minimum Gasteiger partial charge on any atom is -0.338 e. The highest BCUT2D eigenvalue weighted by Crippen LogP contribution is 2.26. The van der Waals surface area contributed by atoms with Gasteiger partial charge >= 0.3 is 6.03 Å². The van der Waals surface area contributed by atoms with E-state index in [0.717, 1.165) is 23.1 Å². The van der Waals surface area contributed by atoms with Gasteiger partial charge in [-0.15, -0.1) is 0 Å². The van der Waals surface area contributed by atoms with Crippen molar-refractivity contribution in [3.63, 3.8) is 0 Å². The molecule has 0 saturated heterocycles. The van der Waals surface area contributed by atoms with Crippen LogP contribution >= 0.6 is 11.3 Å². The molecule has 1 aliphatic carbocycles. The Morgan fingerprint density at radius 3 is 2.85 bits per heavy atom. The van der Waals surface area contributed by atoms with Crippen LogP contribution in [0.15, 0.2) is 18.2 Å². The van der Waals surface area contributed by atoms with Crippen molar-refractivity contribution in [1.29, 1.82) is 0 Å². The molecule has 1 aromatic carbocycles. The Labute approximate surface area is 157 Å². The lowest BCUT2D eigenvalue weighted by atomic mass is 9.96. The van der Waals surface area contributed by atoms with E-state index in [1.54, 1.807) is 0 Å². The van der Waals surface area contributed by atoms with E-state index in [9.17, 15) is 9.59 Å². The molecule has 1 aromatic heterocycles. The zero-order chi connectivity index (χ0) is 18.4. The van der Waals surface area contributed by atoms with Crippen molar-refractivity contribution >= 4 is 38.6 Å². The SMILES string of the molecule is Cc1ccc2nc(NC(=O)CCCNC(=O)NC3CCCCC3)sc2c1. The Kier molecular flexibility index (Phi) is 6.44. The van der Waals surface area contributed by atoms with Gasteiger partial charge in [0.1, 0.15) is 0 Å². The Bertz CT molecular complexity index is 768. The summed E-state index contributed by atoms with van der Waals surface area (Å²) in [5.41, 5.74) is 2.08. The van der Waals surface area contributed by atoms with E-state index < -0.39 is 0 Å². The summed E-state index contributed by atoms with van der Waals surface area (Å²) < 4.78 is 1.07. The quantitative estimate of drug-likeness (QED) is 0.669. The van der Waals surface area contributed by atoms with E-state index in [4.69, 9.17) is 0 Å². The van der Waals surface area contributed by atoms with Crippen molar-refractivity contribution < 1.29 is 9.59 Å². The predicted octanol–water partition coefficient (Wildman–Crippen LogP) is 3.96. The number of urea groups is 1. The molecule has 0 aliphatic heterocycles. The predicted molar refractivity (Wildman–Crippen MR) is 106 cm³/mol. The first-order chi connectivity index (χ1) is 12.6. The number of aryl methyl sites for hydroxylation is 1. The Morgan fingerprint density at radius 1 is 1.23 bits per heavy atom. The van der Waals surface area contributed by atoms with Gasteiger partial charge in [0.15, 0.2) is 5.13 Å². The van der Waals surface area contributed by atoms with Crippen LogP contribution in [0, 0.1) is 6.92 Å². The molecular weight excluding hydrogens is 348 g/mol. The average Bonchev–Trinajstić information content (AvgIpc) is 3.01. The third kappa shape index (κ3) is 5.42. The third-order valence-corrected chi connectivity index (χ3v) is 5.53. The second kappa shape index (κ2) is 8.98. The molecule has 7 heteroatoms. The zero-order valence-electron chi connectivity index (χ0n) is 15.1. The van der Waals surface area contributed by atoms with E-state index in [1.807, 2.05) is 19.1 Å². The van der Waals surface area contributed by atoms with Gasteiger partial charge in [0.25, 0.3) is 0 Å². The van der Waals surface area contributed by atoms with E-state index in [2.05, 4.69) is 27.0 Å². The minimum atomic E-state index is -0.126. The van der Waals surface area contributed by atoms with Gasteiger partial charge < -0.3 is 16.0 Å². The maximum Gasteiger partial charge on any atom is 0.315 e. The molecule has 26 heavy (non-hydrogen) atoms. The van der Waals surface area contributed by atoms with Crippen molar-refractivity contribution in [3.8, 4) is 0 Å². The summed E-state index contributed by atoms with van der Waals surface area (Å²) in [4.78, 5) is 28.3. The third-order valence-electron chi connectivity index (χ3n) is 4.60. The molecule has 3 amide bonds. The van der Waals surface area contributed by atoms with Crippen LogP contribution in [0.4, 0.5) is 9.93 Å². The van der Waals surface area contributed by atoms with Crippen molar-refractivity contribution in [2.45, 2.75) is 57.9 Å². The number of hydrogen-bond donors (Lipinski definition) is 3. The number of thiazole rings is 1. The lowest BCUT2D eigenvalue weighted by Crippen LogP contribution is -2.43. The molecule has 0 radical (unpaired) electrons. The van der Waals surface area contributed by atoms with Gasteiger partial charge in [0.05, 0.1) is 10.2 Å². The van der Waals surface area contributed by atoms with Gasteiger partial charge in [0, 0.05) is 19.0 Å². The zero-order valence-corrected chi connectivity index (χ0v) is 16.0. The average molecular weight is 375 g/mol. The molecule has 0 unspecified atom stereocenters. The minimum absolute atomic E-state index is 0.0738. The monoisotopic (exact) mass is 374 g/mol. The standard InChI is InChI=1S/C19H26N4O2S/c1-13-9-10-15-16(12-13)26-19(22-15)23-17(24)8-5-11-20-18(25)21-14-6-3-2-4-7-14/h9-10,12,14H,2-8,11H2,1H3,(H2,20,21,25)(H,22,23,24). The van der Waals surface area contributed by atoms with Gasteiger partial charge in [-0.25, -0.2) is 9.78 Å². The number of fused-ring (bicyclic) bond motifs is 1.